The molecule has 3 heteroatoms. The van der Waals surface area contributed by atoms with Crippen molar-refractivity contribution < 1.29 is 0 Å². The Morgan fingerprint density at radius 1 is 1.62 bits per heavy atom. The van der Waals surface area contributed by atoms with Crippen LogP contribution in [0.5, 0.6) is 0 Å². The van der Waals surface area contributed by atoms with E-state index >= 15 is 0 Å². The van der Waals surface area contributed by atoms with Crippen molar-refractivity contribution in [1.29, 1.82) is 0 Å². The van der Waals surface area contributed by atoms with Crippen molar-refractivity contribution in [3.63, 3.8) is 0 Å². The van der Waals surface area contributed by atoms with E-state index in [4.69, 9.17) is 0 Å². The summed E-state index contributed by atoms with van der Waals surface area (Å²) in [6.45, 7) is 6.90. The fourth-order valence-corrected chi connectivity index (χ4v) is 1.12. The minimum atomic E-state index is 0.190. The van der Waals surface area contributed by atoms with Crippen LogP contribution in [0.25, 0.3) is 0 Å². The zero-order valence-corrected chi connectivity index (χ0v) is 7.90. The second-order valence-corrected chi connectivity index (χ2v) is 2.84. The van der Waals surface area contributed by atoms with Crippen molar-refractivity contribution in [3.05, 3.63) is 36.7 Å². The lowest BCUT2D eigenvalue weighted by Gasteiger charge is -2.13. The zero-order chi connectivity index (χ0) is 9.52. The summed E-state index contributed by atoms with van der Waals surface area (Å²) < 4.78 is 0. The highest BCUT2D eigenvalue weighted by Crippen LogP contribution is 2.10. The van der Waals surface area contributed by atoms with Crippen LogP contribution in [0.3, 0.4) is 0 Å². The van der Waals surface area contributed by atoms with Crippen LogP contribution in [0, 0.1) is 0 Å². The number of nitrogens with one attached hydrogen (secondary N) is 1. The lowest BCUT2D eigenvalue weighted by atomic mass is 10.1. The maximum atomic E-state index is 3.82. The zero-order valence-electron chi connectivity index (χ0n) is 7.90. The van der Waals surface area contributed by atoms with Gasteiger partial charge in [0.25, 0.3) is 0 Å². The fourth-order valence-electron chi connectivity index (χ4n) is 1.12. The average Bonchev–Trinajstić information content (AvgIpc) is 2.21. The van der Waals surface area contributed by atoms with Gasteiger partial charge in [-0.15, -0.1) is 6.58 Å². The van der Waals surface area contributed by atoms with Gasteiger partial charge in [-0.1, -0.05) is 13.0 Å². The Kier molecular flexibility index (Phi) is 4.12. The van der Waals surface area contributed by atoms with Crippen LogP contribution in [0.4, 0.5) is 0 Å². The molecule has 0 saturated heterocycles. The SMILES string of the molecule is C=CC(NCCC)c1ccnnc1. The van der Waals surface area contributed by atoms with Gasteiger partial charge in [0.15, 0.2) is 0 Å². The number of nitrogens with zero attached hydrogens (tertiary/aromatic N) is 2. The van der Waals surface area contributed by atoms with Crippen molar-refractivity contribution in [2.45, 2.75) is 19.4 Å². The van der Waals surface area contributed by atoms with Crippen LogP contribution in [0.1, 0.15) is 24.9 Å². The Hall–Kier alpha value is -1.22. The summed E-state index contributed by atoms with van der Waals surface area (Å²) in [4.78, 5) is 0. The maximum absolute atomic E-state index is 3.82. The van der Waals surface area contributed by atoms with Gasteiger partial charge in [-0.2, -0.15) is 10.2 Å². The Balaban J connectivity index is 2.61. The normalized spacial score (nSPS) is 12.4. The van der Waals surface area contributed by atoms with E-state index in [0.717, 1.165) is 18.5 Å². The number of hydrogen-bond acceptors (Lipinski definition) is 3. The summed E-state index contributed by atoms with van der Waals surface area (Å²) in [5.74, 6) is 0. The summed E-state index contributed by atoms with van der Waals surface area (Å²) in [6, 6.07) is 2.14. The molecular weight excluding hydrogens is 162 g/mol. The minimum Gasteiger partial charge on any atom is -0.307 e. The Labute approximate surface area is 78.9 Å². The summed E-state index contributed by atoms with van der Waals surface area (Å²) in [6.07, 6.45) is 6.45. The second kappa shape index (κ2) is 5.43. The summed E-state index contributed by atoms with van der Waals surface area (Å²) >= 11 is 0. The molecule has 0 aromatic carbocycles. The van der Waals surface area contributed by atoms with E-state index in [9.17, 15) is 0 Å². The first-order valence-corrected chi connectivity index (χ1v) is 4.51. The highest BCUT2D eigenvalue weighted by Gasteiger charge is 2.04. The van der Waals surface area contributed by atoms with Gasteiger partial charge in [-0.05, 0) is 24.6 Å². The molecule has 1 heterocycles. The molecule has 0 amide bonds. The van der Waals surface area contributed by atoms with Crippen molar-refractivity contribution in [2.24, 2.45) is 0 Å². The fraction of sp³-hybridized carbons (Fsp3) is 0.400. The molecule has 0 fully saturated rings. The van der Waals surface area contributed by atoms with Crippen molar-refractivity contribution in [2.75, 3.05) is 6.54 Å². The van der Waals surface area contributed by atoms with E-state index in [1.54, 1.807) is 12.4 Å². The molecule has 1 N–H and O–H groups in total. The van der Waals surface area contributed by atoms with Crippen molar-refractivity contribution in [1.82, 2.24) is 15.5 Å². The van der Waals surface area contributed by atoms with E-state index in [1.807, 2.05) is 12.1 Å². The third-order valence-electron chi connectivity index (χ3n) is 1.82. The molecule has 1 aromatic rings. The predicted molar refractivity (Wildman–Crippen MR) is 53.3 cm³/mol. The van der Waals surface area contributed by atoms with Crippen LogP contribution >= 0.6 is 0 Å². The summed E-state index contributed by atoms with van der Waals surface area (Å²) in [5.41, 5.74) is 1.11. The van der Waals surface area contributed by atoms with Crippen LogP contribution in [0.15, 0.2) is 31.1 Å². The first kappa shape index (κ1) is 9.86. The molecule has 0 aliphatic heterocycles. The number of aromatic nitrogens is 2. The van der Waals surface area contributed by atoms with E-state index in [2.05, 4.69) is 29.0 Å². The Morgan fingerprint density at radius 3 is 3.00 bits per heavy atom. The van der Waals surface area contributed by atoms with Crippen molar-refractivity contribution in [3.8, 4) is 0 Å². The average molecular weight is 177 g/mol. The van der Waals surface area contributed by atoms with Crippen LogP contribution < -0.4 is 5.32 Å². The molecule has 0 saturated carbocycles. The monoisotopic (exact) mass is 177 g/mol. The van der Waals surface area contributed by atoms with E-state index < -0.39 is 0 Å². The smallest absolute Gasteiger partial charge is 0.0547 e. The number of rotatable bonds is 5. The minimum absolute atomic E-state index is 0.190. The van der Waals surface area contributed by atoms with Gasteiger partial charge in [-0.3, -0.25) is 0 Å². The third kappa shape index (κ3) is 2.95. The molecule has 70 valence electrons. The van der Waals surface area contributed by atoms with Gasteiger partial charge in [0, 0.05) is 6.20 Å². The molecule has 1 rings (SSSR count). The molecule has 0 aliphatic rings. The molecule has 0 bridgehead atoms. The lowest BCUT2D eigenvalue weighted by Crippen LogP contribution is -2.20. The van der Waals surface area contributed by atoms with Gasteiger partial charge in [0.1, 0.15) is 0 Å². The highest BCUT2D eigenvalue weighted by atomic mass is 15.1. The van der Waals surface area contributed by atoms with Crippen molar-refractivity contribution >= 4 is 0 Å². The summed E-state index contributed by atoms with van der Waals surface area (Å²) in [7, 11) is 0. The largest absolute Gasteiger partial charge is 0.307 e. The van der Waals surface area contributed by atoms with Crippen LogP contribution in [-0.2, 0) is 0 Å². The summed E-state index contributed by atoms with van der Waals surface area (Å²) in [5, 5.41) is 10.9. The standard InChI is InChI=1S/C10H15N3/c1-3-6-11-10(4-2)9-5-7-12-13-8-9/h4-5,7-8,10-11H,2-3,6H2,1H3. The van der Waals surface area contributed by atoms with E-state index in [-0.39, 0.29) is 6.04 Å². The molecule has 3 nitrogen and oxygen atoms in total. The van der Waals surface area contributed by atoms with Crippen LogP contribution in [-0.4, -0.2) is 16.7 Å². The highest BCUT2D eigenvalue weighted by molar-refractivity contribution is 5.16. The molecule has 0 radical (unpaired) electrons. The molecular formula is C10H15N3. The second-order valence-electron chi connectivity index (χ2n) is 2.84. The lowest BCUT2D eigenvalue weighted by molar-refractivity contribution is 0.610. The van der Waals surface area contributed by atoms with Gasteiger partial charge < -0.3 is 5.32 Å². The topological polar surface area (TPSA) is 37.8 Å². The molecule has 1 unspecified atom stereocenters. The molecule has 0 aliphatic carbocycles. The van der Waals surface area contributed by atoms with E-state index in [1.165, 1.54) is 0 Å². The van der Waals surface area contributed by atoms with Gasteiger partial charge in [0.2, 0.25) is 0 Å². The van der Waals surface area contributed by atoms with Gasteiger partial charge in [0.05, 0.1) is 12.2 Å². The number of hydrogen-bond donors (Lipinski definition) is 1. The molecule has 1 atom stereocenters. The molecule has 0 spiro atoms. The Bertz CT molecular complexity index is 246. The van der Waals surface area contributed by atoms with Gasteiger partial charge in [-0.25, -0.2) is 0 Å². The first-order chi connectivity index (χ1) is 6.38. The predicted octanol–water partition coefficient (Wildman–Crippen LogP) is 1.70. The quantitative estimate of drug-likeness (QED) is 0.696. The van der Waals surface area contributed by atoms with E-state index in [0.29, 0.717) is 0 Å². The van der Waals surface area contributed by atoms with Crippen LogP contribution in [0.2, 0.25) is 0 Å². The third-order valence-corrected chi connectivity index (χ3v) is 1.82. The first-order valence-electron chi connectivity index (χ1n) is 4.51. The Morgan fingerprint density at radius 2 is 2.46 bits per heavy atom. The maximum Gasteiger partial charge on any atom is 0.0547 e. The molecule has 1 aromatic heterocycles. The van der Waals surface area contributed by atoms with Gasteiger partial charge >= 0.3 is 0 Å². The molecule has 13 heavy (non-hydrogen) atoms.